The molecule has 2 aromatic carbocycles. The highest BCUT2D eigenvalue weighted by Gasteiger charge is 2.31. The van der Waals surface area contributed by atoms with E-state index in [1.54, 1.807) is 6.08 Å². The number of hydrogen-bond donors (Lipinski definition) is 0. The van der Waals surface area contributed by atoms with E-state index in [0.29, 0.717) is 23.5 Å². The predicted molar refractivity (Wildman–Crippen MR) is 122 cm³/mol. The zero-order chi connectivity index (χ0) is 20.2. The first-order valence-electron chi connectivity index (χ1n) is 9.85. The Balaban J connectivity index is 1.50. The Morgan fingerprint density at radius 3 is 2.03 bits per heavy atom. The molecule has 0 aromatic heterocycles. The molecule has 5 heteroatoms. The molecule has 29 heavy (non-hydrogen) atoms. The molecule has 0 saturated carbocycles. The fourth-order valence-corrected chi connectivity index (χ4v) is 4.42. The van der Waals surface area contributed by atoms with Crippen molar-refractivity contribution in [1.82, 2.24) is 9.80 Å². The fraction of sp³-hybridized carbons (Fsp3) is 0.250. The molecular weight excluding hydrogens is 400 g/mol. The van der Waals surface area contributed by atoms with E-state index < -0.39 is 0 Å². The van der Waals surface area contributed by atoms with Crippen LogP contribution in [0.15, 0.2) is 84.5 Å². The van der Waals surface area contributed by atoms with Crippen LogP contribution in [-0.2, 0) is 4.79 Å². The van der Waals surface area contributed by atoms with E-state index in [9.17, 15) is 4.79 Å². The first-order valence-corrected chi connectivity index (χ1v) is 10.7. The highest BCUT2D eigenvalue weighted by Crippen LogP contribution is 2.30. The van der Waals surface area contributed by atoms with Gasteiger partial charge in [-0.25, -0.2) is 0 Å². The summed E-state index contributed by atoms with van der Waals surface area (Å²) in [7, 11) is 0. The molecule has 3 nitrogen and oxygen atoms in total. The number of carbonyl (C=O) groups excluding carboxylic acids is 1. The Kier molecular flexibility index (Phi) is 6.24. The van der Waals surface area contributed by atoms with Gasteiger partial charge in [-0.2, -0.15) is 0 Å². The van der Waals surface area contributed by atoms with E-state index >= 15 is 0 Å². The molecule has 1 atom stereocenters. The van der Waals surface area contributed by atoms with Gasteiger partial charge in [0.1, 0.15) is 0 Å². The van der Waals surface area contributed by atoms with Gasteiger partial charge >= 0.3 is 0 Å². The van der Waals surface area contributed by atoms with Crippen LogP contribution in [0.2, 0.25) is 0 Å². The molecule has 0 spiro atoms. The highest BCUT2D eigenvalue weighted by molar-refractivity contribution is 7.81. The van der Waals surface area contributed by atoms with Crippen molar-refractivity contribution in [3.8, 4) is 0 Å². The monoisotopic (exact) mass is 422 g/mol. The molecule has 1 heterocycles. The summed E-state index contributed by atoms with van der Waals surface area (Å²) < 4.78 is 0. The molecule has 1 unspecified atom stereocenters. The molecule has 0 radical (unpaired) electrons. The van der Waals surface area contributed by atoms with E-state index in [1.165, 1.54) is 11.1 Å². The molecule has 4 rings (SSSR count). The number of nitrogens with zero attached hydrogens (tertiary/aromatic N) is 2. The number of piperazine rings is 1. The Hall–Kier alpha value is -2.27. The third-order valence-electron chi connectivity index (χ3n) is 5.49. The van der Waals surface area contributed by atoms with Crippen LogP contribution in [0, 0.1) is 0 Å². The van der Waals surface area contributed by atoms with Gasteiger partial charge in [0.05, 0.1) is 17.0 Å². The summed E-state index contributed by atoms with van der Waals surface area (Å²) in [4.78, 5) is 17.9. The zero-order valence-electron chi connectivity index (χ0n) is 16.1. The largest absolute Gasteiger partial charge is 0.336 e. The number of carbonyl (C=O) groups is 1. The van der Waals surface area contributed by atoms with Crippen molar-refractivity contribution in [3.63, 3.8) is 0 Å². The van der Waals surface area contributed by atoms with Crippen LogP contribution in [0.25, 0.3) is 0 Å². The van der Waals surface area contributed by atoms with Crippen LogP contribution in [0.4, 0.5) is 0 Å². The third kappa shape index (κ3) is 4.35. The molecule has 2 aromatic rings. The van der Waals surface area contributed by atoms with Crippen LogP contribution in [-0.4, -0.2) is 52.1 Å². The Morgan fingerprint density at radius 2 is 1.48 bits per heavy atom. The maximum Gasteiger partial charge on any atom is 0.255 e. The van der Waals surface area contributed by atoms with Gasteiger partial charge in [0.25, 0.3) is 5.91 Å². The van der Waals surface area contributed by atoms with Crippen molar-refractivity contribution in [1.29, 1.82) is 0 Å². The van der Waals surface area contributed by atoms with Gasteiger partial charge in [-0.1, -0.05) is 85.0 Å². The van der Waals surface area contributed by atoms with Gasteiger partial charge in [-0.05, 0) is 17.2 Å². The number of thiocarbonyl (C=S) groups is 1. The minimum Gasteiger partial charge on any atom is -0.336 e. The summed E-state index contributed by atoms with van der Waals surface area (Å²) in [6, 6.07) is 21.3. The van der Waals surface area contributed by atoms with Crippen molar-refractivity contribution in [2.45, 2.75) is 11.4 Å². The van der Waals surface area contributed by atoms with Gasteiger partial charge < -0.3 is 4.90 Å². The van der Waals surface area contributed by atoms with E-state index in [4.69, 9.17) is 23.8 Å². The second-order valence-corrected chi connectivity index (χ2v) is 8.19. The van der Waals surface area contributed by atoms with Gasteiger partial charge in [0, 0.05) is 31.0 Å². The minimum atomic E-state index is -0.379. The smallest absolute Gasteiger partial charge is 0.255 e. The van der Waals surface area contributed by atoms with Crippen LogP contribution in [0.3, 0.4) is 0 Å². The fourth-order valence-electron chi connectivity index (χ4n) is 3.98. The first kappa shape index (κ1) is 20.0. The van der Waals surface area contributed by atoms with Crippen LogP contribution in [0.5, 0.6) is 0 Å². The average Bonchev–Trinajstić information content (AvgIpc) is 2.77. The molecule has 0 N–H and O–H groups in total. The lowest BCUT2D eigenvalue weighted by Crippen LogP contribution is -2.50. The summed E-state index contributed by atoms with van der Waals surface area (Å²) >= 11 is 11.6. The maximum atomic E-state index is 13.0. The quantitative estimate of drug-likeness (QED) is 0.539. The van der Waals surface area contributed by atoms with Crippen molar-refractivity contribution < 1.29 is 4.79 Å². The topological polar surface area (TPSA) is 23.6 Å². The Labute approximate surface area is 182 Å². The van der Waals surface area contributed by atoms with E-state index in [-0.39, 0.29) is 17.3 Å². The summed E-state index contributed by atoms with van der Waals surface area (Å²) in [5.74, 6) is -0.0133. The molecule has 1 aliphatic heterocycles. The van der Waals surface area contributed by atoms with Crippen LogP contribution >= 0.6 is 23.8 Å². The summed E-state index contributed by atoms with van der Waals surface area (Å²) in [5, 5.41) is -0.379. The zero-order valence-corrected chi connectivity index (χ0v) is 17.6. The molecule has 1 saturated heterocycles. The van der Waals surface area contributed by atoms with Crippen molar-refractivity contribution in [2.24, 2.45) is 0 Å². The number of benzene rings is 2. The van der Waals surface area contributed by atoms with Gasteiger partial charge in [-0.3, -0.25) is 9.69 Å². The predicted octanol–water partition coefficient (Wildman–Crippen LogP) is 4.39. The van der Waals surface area contributed by atoms with Crippen molar-refractivity contribution >= 4 is 34.6 Å². The molecule has 2 aliphatic rings. The summed E-state index contributed by atoms with van der Waals surface area (Å²) in [6.45, 7) is 2.96. The van der Waals surface area contributed by atoms with Gasteiger partial charge in [-0.15, -0.1) is 11.6 Å². The second kappa shape index (κ2) is 9.04. The highest BCUT2D eigenvalue weighted by atomic mass is 35.5. The molecule has 1 aliphatic carbocycles. The van der Waals surface area contributed by atoms with Gasteiger partial charge in [0.15, 0.2) is 0 Å². The Morgan fingerprint density at radius 1 is 0.931 bits per heavy atom. The van der Waals surface area contributed by atoms with Crippen molar-refractivity contribution in [3.05, 3.63) is 95.6 Å². The van der Waals surface area contributed by atoms with Gasteiger partial charge in [0.2, 0.25) is 0 Å². The number of rotatable bonds is 4. The van der Waals surface area contributed by atoms with Crippen LogP contribution in [0.1, 0.15) is 17.2 Å². The third-order valence-corrected chi connectivity index (χ3v) is 6.45. The molecule has 1 fully saturated rings. The van der Waals surface area contributed by atoms with E-state index in [2.05, 4.69) is 53.4 Å². The molecular formula is C24H23ClN2OS. The molecule has 1 amide bonds. The second-order valence-electron chi connectivity index (χ2n) is 7.28. The Bertz CT molecular complexity index is 894. The molecule has 0 bridgehead atoms. The van der Waals surface area contributed by atoms with E-state index in [0.717, 1.165) is 13.1 Å². The minimum absolute atomic E-state index is 0.0133. The number of halogens is 1. The standard InChI is InChI=1S/C24H23ClN2OS/c25-21-13-7-12-20(23(21)29)24(28)27-16-14-26(15-17-27)22(18-8-3-1-4-9-18)19-10-5-2-6-11-19/h1-13,21-22H,14-17H2. The maximum absolute atomic E-state index is 13.0. The first-order chi connectivity index (χ1) is 14.1. The number of hydrogen-bond acceptors (Lipinski definition) is 3. The lowest BCUT2D eigenvalue weighted by molar-refractivity contribution is -0.128. The summed E-state index contributed by atoms with van der Waals surface area (Å²) in [5.41, 5.74) is 3.09. The lowest BCUT2D eigenvalue weighted by atomic mass is 9.96. The molecule has 148 valence electrons. The lowest BCUT2D eigenvalue weighted by Gasteiger charge is -2.40. The number of amides is 1. The average molecular weight is 423 g/mol. The summed E-state index contributed by atoms with van der Waals surface area (Å²) in [6.07, 6.45) is 5.41. The van der Waals surface area contributed by atoms with Crippen molar-refractivity contribution in [2.75, 3.05) is 26.2 Å². The van der Waals surface area contributed by atoms with E-state index in [1.807, 2.05) is 29.2 Å². The SMILES string of the molecule is O=C(C1=CC=CC(Cl)C1=S)N1CCN(C(c2ccccc2)c2ccccc2)CC1. The van der Waals surface area contributed by atoms with Crippen LogP contribution < -0.4 is 0 Å². The normalized spacial score (nSPS) is 20.1. The number of alkyl halides is 1. The number of allylic oxidation sites excluding steroid dienone is 3.